The number of aromatic nitrogens is 3. The summed E-state index contributed by atoms with van der Waals surface area (Å²) in [7, 11) is 0. The molecule has 0 radical (unpaired) electrons. The van der Waals surface area contributed by atoms with Crippen LogP contribution in [0.3, 0.4) is 0 Å². The van der Waals surface area contributed by atoms with Crippen LogP contribution in [-0.4, -0.2) is 32.0 Å². The first-order valence-corrected chi connectivity index (χ1v) is 9.80. The lowest BCUT2D eigenvalue weighted by molar-refractivity contribution is 0.0644. The van der Waals surface area contributed by atoms with Gasteiger partial charge in [0.15, 0.2) is 0 Å². The van der Waals surface area contributed by atoms with E-state index in [1.165, 1.54) is 0 Å². The Balaban J connectivity index is 1.57. The van der Waals surface area contributed by atoms with Crippen LogP contribution >= 0.6 is 11.6 Å². The van der Waals surface area contributed by atoms with E-state index in [2.05, 4.69) is 15.2 Å². The van der Waals surface area contributed by atoms with Crippen molar-refractivity contribution < 1.29 is 9.21 Å². The molecule has 1 aliphatic rings. The van der Waals surface area contributed by atoms with Crippen LogP contribution in [0, 0.1) is 6.92 Å². The van der Waals surface area contributed by atoms with Gasteiger partial charge >= 0.3 is 0 Å². The summed E-state index contributed by atoms with van der Waals surface area (Å²) in [5.74, 6) is 0.790. The number of rotatable bonds is 5. The van der Waals surface area contributed by atoms with E-state index in [-0.39, 0.29) is 18.5 Å². The van der Waals surface area contributed by atoms with Crippen molar-refractivity contribution >= 4 is 17.5 Å². The molecule has 1 aliphatic carbocycles. The summed E-state index contributed by atoms with van der Waals surface area (Å²) < 4.78 is 5.83. The van der Waals surface area contributed by atoms with Crippen molar-refractivity contribution in [3.8, 4) is 11.5 Å². The normalized spacial score (nSPS) is 14.4. The maximum Gasteiger partial charge on any atom is 0.256 e. The molecule has 0 unspecified atom stereocenters. The zero-order valence-corrected chi connectivity index (χ0v) is 16.4. The number of aryl methyl sites for hydroxylation is 1. The van der Waals surface area contributed by atoms with Crippen molar-refractivity contribution in [3.63, 3.8) is 0 Å². The Bertz CT molecular complexity index is 947. The molecular formula is C21H21ClN4O2. The standard InChI is InChI=1S/C21H21ClN4O2/c1-14-6-7-16(12-23-14)21(27)26(18-4-2-3-5-18)13-19-24-25-20(28-19)15-8-10-17(22)11-9-15/h6-12,18H,2-5,13H2,1H3. The zero-order valence-electron chi connectivity index (χ0n) is 15.6. The van der Waals surface area contributed by atoms with E-state index in [0.29, 0.717) is 22.4 Å². The Hall–Kier alpha value is -2.73. The van der Waals surface area contributed by atoms with Gasteiger partial charge in [0.2, 0.25) is 11.8 Å². The third-order valence-corrected chi connectivity index (χ3v) is 5.30. The molecule has 1 saturated carbocycles. The molecule has 6 nitrogen and oxygen atoms in total. The molecule has 1 aromatic carbocycles. The summed E-state index contributed by atoms with van der Waals surface area (Å²) in [6.45, 7) is 2.19. The number of halogens is 1. The lowest BCUT2D eigenvalue weighted by Crippen LogP contribution is -2.38. The maximum atomic E-state index is 13.1. The van der Waals surface area contributed by atoms with Gasteiger partial charge in [-0.25, -0.2) is 0 Å². The molecule has 1 fully saturated rings. The van der Waals surface area contributed by atoms with E-state index < -0.39 is 0 Å². The Morgan fingerprint density at radius 1 is 1.14 bits per heavy atom. The number of carbonyl (C=O) groups is 1. The summed E-state index contributed by atoms with van der Waals surface area (Å²) in [5.41, 5.74) is 2.26. The molecule has 0 bridgehead atoms. The number of amides is 1. The van der Waals surface area contributed by atoms with Crippen molar-refractivity contribution in [2.75, 3.05) is 0 Å². The fourth-order valence-corrected chi connectivity index (χ4v) is 3.64. The lowest BCUT2D eigenvalue weighted by atomic mass is 10.1. The van der Waals surface area contributed by atoms with E-state index in [0.717, 1.165) is 36.9 Å². The Labute approximate surface area is 168 Å². The van der Waals surface area contributed by atoms with Gasteiger partial charge in [-0.2, -0.15) is 0 Å². The molecule has 3 aromatic rings. The summed E-state index contributed by atoms with van der Waals surface area (Å²) in [4.78, 5) is 19.2. The Kier molecular flexibility index (Phi) is 5.39. The van der Waals surface area contributed by atoms with Crippen molar-refractivity contribution in [2.45, 2.75) is 45.2 Å². The van der Waals surface area contributed by atoms with Crippen LogP contribution in [0.2, 0.25) is 5.02 Å². The van der Waals surface area contributed by atoms with E-state index in [1.54, 1.807) is 18.3 Å². The highest BCUT2D eigenvalue weighted by Gasteiger charge is 2.29. The molecule has 2 heterocycles. The SMILES string of the molecule is Cc1ccc(C(=O)N(Cc2nnc(-c3ccc(Cl)cc3)o2)C2CCCC2)cn1. The lowest BCUT2D eigenvalue weighted by Gasteiger charge is -2.27. The summed E-state index contributed by atoms with van der Waals surface area (Å²) in [6, 6.07) is 11.1. The third-order valence-electron chi connectivity index (χ3n) is 5.05. The van der Waals surface area contributed by atoms with Crippen molar-refractivity contribution in [3.05, 3.63) is 64.8 Å². The highest BCUT2D eigenvalue weighted by atomic mass is 35.5. The van der Waals surface area contributed by atoms with E-state index >= 15 is 0 Å². The minimum absolute atomic E-state index is 0.0503. The predicted molar refractivity (Wildman–Crippen MR) is 106 cm³/mol. The molecule has 28 heavy (non-hydrogen) atoms. The molecule has 4 rings (SSSR count). The molecule has 0 spiro atoms. The Morgan fingerprint density at radius 2 is 1.89 bits per heavy atom. The van der Waals surface area contributed by atoms with Crippen LogP contribution in [0.1, 0.15) is 47.6 Å². The van der Waals surface area contributed by atoms with Gasteiger partial charge < -0.3 is 9.32 Å². The van der Waals surface area contributed by atoms with Crippen LogP contribution in [0.5, 0.6) is 0 Å². The van der Waals surface area contributed by atoms with Crippen molar-refractivity contribution in [1.82, 2.24) is 20.1 Å². The highest BCUT2D eigenvalue weighted by molar-refractivity contribution is 6.30. The molecular weight excluding hydrogens is 376 g/mol. The summed E-state index contributed by atoms with van der Waals surface area (Å²) in [5, 5.41) is 8.93. The minimum atomic E-state index is -0.0503. The molecule has 2 aromatic heterocycles. The number of hydrogen-bond acceptors (Lipinski definition) is 5. The fraction of sp³-hybridized carbons (Fsp3) is 0.333. The van der Waals surface area contributed by atoms with Crippen LogP contribution in [0.15, 0.2) is 47.0 Å². The van der Waals surface area contributed by atoms with Gasteiger partial charge in [0.05, 0.1) is 12.1 Å². The van der Waals surface area contributed by atoms with Gasteiger partial charge in [-0.15, -0.1) is 10.2 Å². The monoisotopic (exact) mass is 396 g/mol. The third kappa shape index (κ3) is 4.07. The van der Waals surface area contributed by atoms with Crippen LogP contribution in [-0.2, 0) is 6.54 Å². The molecule has 0 N–H and O–H groups in total. The summed E-state index contributed by atoms with van der Waals surface area (Å²) >= 11 is 5.93. The Morgan fingerprint density at radius 3 is 2.57 bits per heavy atom. The van der Waals surface area contributed by atoms with Crippen molar-refractivity contribution in [1.29, 1.82) is 0 Å². The van der Waals surface area contributed by atoms with Gasteiger partial charge in [-0.3, -0.25) is 9.78 Å². The van der Waals surface area contributed by atoms with Crippen molar-refractivity contribution in [2.24, 2.45) is 0 Å². The van der Waals surface area contributed by atoms with Crippen LogP contribution in [0.4, 0.5) is 0 Å². The number of nitrogens with zero attached hydrogens (tertiary/aromatic N) is 4. The van der Waals surface area contributed by atoms with E-state index in [1.807, 2.05) is 36.1 Å². The highest BCUT2D eigenvalue weighted by Crippen LogP contribution is 2.27. The van der Waals surface area contributed by atoms with E-state index in [9.17, 15) is 4.79 Å². The molecule has 0 saturated heterocycles. The van der Waals surface area contributed by atoms with Gasteiger partial charge in [-0.05, 0) is 56.2 Å². The second kappa shape index (κ2) is 8.10. The van der Waals surface area contributed by atoms with Gasteiger partial charge in [0, 0.05) is 28.5 Å². The maximum absolute atomic E-state index is 13.1. The molecule has 0 aliphatic heterocycles. The number of pyridine rings is 1. The first-order chi connectivity index (χ1) is 13.6. The molecule has 1 amide bonds. The topological polar surface area (TPSA) is 72.1 Å². The number of carbonyl (C=O) groups excluding carboxylic acids is 1. The molecule has 7 heteroatoms. The fourth-order valence-electron chi connectivity index (χ4n) is 3.52. The van der Waals surface area contributed by atoms with E-state index in [4.69, 9.17) is 16.0 Å². The average Bonchev–Trinajstić information content (AvgIpc) is 3.39. The largest absolute Gasteiger partial charge is 0.419 e. The quantitative estimate of drug-likeness (QED) is 0.626. The number of hydrogen-bond donors (Lipinski definition) is 0. The first kappa shape index (κ1) is 18.6. The smallest absolute Gasteiger partial charge is 0.256 e. The number of benzene rings is 1. The molecule has 144 valence electrons. The summed E-state index contributed by atoms with van der Waals surface area (Å²) in [6.07, 6.45) is 5.86. The first-order valence-electron chi connectivity index (χ1n) is 9.42. The molecule has 0 atom stereocenters. The second-order valence-electron chi connectivity index (χ2n) is 7.07. The van der Waals surface area contributed by atoms with Gasteiger partial charge in [-0.1, -0.05) is 24.4 Å². The second-order valence-corrected chi connectivity index (χ2v) is 7.50. The van der Waals surface area contributed by atoms with Crippen LogP contribution < -0.4 is 0 Å². The minimum Gasteiger partial charge on any atom is -0.419 e. The zero-order chi connectivity index (χ0) is 19.5. The van der Waals surface area contributed by atoms with Gasteiger partial charge in [0.25, 0.3) is 5.91 Å². The van der Waals surface area contributed by atoms with Gasteiger partial charge in [0.1, 0.15) is 0 Å². The average molecular weight is 397 g/mol. The van der Waals surface area contributed by atoms with Crippen LogP contribution in [0.25, 0.3) is 11.5 Å². The predicted octanol–water partition coefficient (Wildman–Crippen LogP) is 4.68.